The predicted octanol–water partition coefficient (Wildman–Crippen LogP) is 1.41. The monoisotopic (exact) mass is 351 g/mol. The van der Waals surface area contributed by atoms with Crippen LogP contribution in [0.15, 0.2) is 41.3 Å². The number of ether oxygens (including phenoxy) is 2. The van der Waals surface area contributed by atoms with E-state index in [4.69, 9.17) is 15.2 Å². The normalized spacial score (nSPS) is 20.0. The van der Waals surface area contributed by atoms with Gasteiger partial charge in [0.15, 0.2) is 11.6 Å². The molecule has 1 fully saturated rings. The number of hydrogen-bond donors (Lipinski definition) is 1. The van der Waals surface area contributed by atoms with E-state index < -0.39 is 34.1 Å². The van der Waals surface area contributed by atoms with Gasteiger partial charge < -0.3 is 15.2 Å². The van der Waals surface area contributed by atoms with E-state index in [0.29, 0.717) is 5.56 Å². The minimum Gasteiger partial charge on any atom is -0.458 e. The van der Waals surface area contributed by atoms with Crippen molar-refractivity contribution in [1.82, 2.24) is 9.55 Å². The van der Waals surface area contributed by atoms with Crippen molar-refractivity contribution in [2.45, 2.75) is 10.8 Å². The lowest BCUT2D eigenvalue weighted by molar-refractivity contribution is 0.0273. The standard InChI is InChI=1S/C15H14FN3O4S/c16-10-6-19(15(21)18-13(10)17)11-7-22-12(24-11)8-23-14(20)9-4-2-1-3-5-9/h1-6,11-12H,7-8H2,(H2,17,18,21). The second-order valence-corrected chi connectivity index (χ2v) is 6.32. The Morgan fingerprint density at radius 1 is 1.46 bits per heavy atom. The molecule has 1 aliphatic rings. The zero-order chi connectivity index (χ0) is 17.1. The van der Waals surface area contributed by atoms with E-state index in [-0.39, 0.29) is 13.2 Å². The van der Waals surface area contributed by atoms with Crippen LogP contribution >= 0.6 is 11.8 Å². The van der Waals surface area contributed by atoms with E-state index >= 15 is 0 Å². The van der Waals surface area contributed by atoms with Gasteiger partial charge in [-0.1, -0.05) is 30.0 Å². The van der Waals surface area contributed by atoms with Crippen molar-refractivity contribution in [3.8, 4) is 0 Å². The van der Waals surface area contributed by atoms with E-state index in [1.165, 1.54) is 11.8 Å². The molecule has 2 heterocycles. The minimum absolute atomic E-state index is 0.0223. The number of benzene rings is 1. The average Bonchev–Trinajstić information content (AvgIpc) is 3.05. The molecule has 0 bridgehead atoms. The van der Waals surface area contributed by atoms with E-state index in [1.54, 1.807) is 30.3 Å². The molecule has 2 N–H and O–H groups in total. The lowest BCUT2D eigenvalue weighted by Gasteiger charge is -2.12. The summed E-state index contributed by atoms with van der Waals surface area (Å²) in [5, 5.41) is -0.458. The van der Waals surface area contributed by atoms with Gasteiger partial charge in [0.2, 0.25) is 0 Å². The van der Waals surface area contributed by atoms with Gasteiger partial charge in [0, 0.05) is 6.20 Å². The van der Waals surface area contributed by atoms with Gasteiger partial charge in [-0.15, -0.1) is 0 Å². The molecule has 0 radical (unpaired) electrons. The maximum Gasteiger partial charge on any atom is 0.350 e. The summed E-state index contributed by atoms with van der Waals surface area (Å²) >= 11 is 1.25. The molecule has 0 spiro atoms. The lowest BCUT2D eigenvalue weighted by atomic mass is 10.2. The molecule has 0 saturated carbocycles. The van der Waals surface area contributed by atoms with E-state index in [1.807, 2.05) is 0 Å². The average molecular weight is 351 g/mol. The number of carbonyl (C=O) groups excluding carboxylic acids is 1. The topological polar surface area (TPSA) is 96.4 Å². The number of halogens is 1. The van der Waals surface area contributed by atoms with E-state index in [9.17, 15) is 14.0 Å². The number of nitrogens with two attached hydrogens (primary N) is 1. The summed E-state index contributed by atoms with van der Waals surface area (Å²) < 4.78 is 25.3. The van der Waals surface area contributed by atoms with Gasteiger partial charge in [-0.05, 0) is 12.1 Å². The van der Waals surface area contributed by atoms with Crippen molar-refractivity contribution in [3.05, 3.63) is 58.4 Å². The first-order valence-corrected chi connectivity index (χ1v) is 8.02. The third-order valence-electron chi connectivity index (χ3n) is 3.34. The summed E-state index contributed by atoms with van der Waals surface area (Å²) in [5.74, 6) is -1.66. The first-order chi connectivity index (χ1) is 11.5. The van der Waals surface area contributed by atoms with E-state index in [0.717, 1.165) is 10.8 Å². The number of aromatic nitrogens is 2. The zero-order valence-corrected chi connectivity index (χ0v) is 13.2. The van der Waals surface area contributed by atoms with Crippen molar-refractivity contribution < 1.29 is 18.7 Å². The predicted molar refractivity (Wildman–Crippen MR) is 86.0 cm³/mol. The molecule has 3 rings (SSSR count). The van der Waals surface area contributed by atoms with Gasteiger partial charge in [-0.25, -0.2) is 14.0 Å². The second kappa shape index (κ2) is 7.02. The van der Waals surface area contributed by atoms with Gasteiger partial charge in [-0.3, -0.25) is 4.57 Å². The van der Waals surface area contributed by atoms with Crippen molar-refractivity contribution in [3.63, 3.8) is 0 Å². The van der Waals surface area contributed by atoms with Gasteiger partial charge >= 0.3 is 11.7 Å². The van der Waals surface area contributed by atoms with Gasteiger partial charge in [0.1, 0.15) is 17.4 Å². The van der Waals surface area contributed by atoms with Gasteiger partial charge in [0.05, 0.1) is 12.2 Å². The molecule has 126 valence electrons. The molecule has 0 amide bonds. The number of anilines is 1. The summed E-state index contributed by atoms with van der Waals surface area (Å²) in [6.07, 6.45) is 1.00. The summed E-state index contributed by atoms with van der Waals surface area (Å²) in [4.78, 5) is 27.1. The number of hydrogen-bond acceptors (Lipinski definition) is 7. The Kier molecular flexibility index (Phi) is 4.81. The molecule has 24 heavy (non-hydrogen) atoms. The maximum absolute atomic E-state index is 13.5. The Hall–Kier alpha value is -2.39. The highest BCUT2D eigenvalue weighted by Gasteiger charge is 2.30. The van der Waals surface area contributed by atoms with E-state index in [2.05, 4.69) is 4.98 Å². The molecule has 7 nitrogen and oxygen atoms in total. The third kappa shape index (κ3) is 3.57. The zero-order valence-electron chi connectivity index (χ0n) is 12.4. The number of nitrogen functional groups attached to an aromatic ring is 1. The Labute approximate surface area is 140 Å². The molecule has 1 aromatic carbocycles. The van der Waals surface area contributed by atoms with Crippen LogP contribution in [0.3, 0.4) is 0 Å². The highest BCUT2D eigenvalue weighted by atomic mass is 32.2. The second-order valence-electron chi connectivity index (χ2n) is 4.98. The highest BCUT2D eigenvalue weighted by Crippen LogP contribution is 2.35. The van der Waals surface area contributed by atoms with Gasteiger partial charge in [-0.2, -0.15) is 4.98 Å². The number of rotatable bonds is 4. The van der Waals surface area contributed by atoms with Crippen LogP contribution in [-0.2, 0) is 9.47 Å². The molecular formula is C15H14FN3O4S. The number of esters is 1. The fourth-order valence-electron chi connectivity index (χ4n) is 2.14. The largest absolute Gasteiger partial charge is 0.458 e. The summed E-state index contributed by atoms with van der Waals surface area (Å²) in [5.41, 5.74) is 4.59. The molecule has 9 heteroatoms. The van der Waals surface area contributed by atoms with Crippen LogP contribution in [0.1, 0.15) is 15.7 Å². The van der Waals surface area contributed by atoms with Crippen molar-refractivity contribution >= 4 is 23.5 Å². The number of thioether (sulfide) groups is 1. The fraction of sp³-hybridized carbons (Fsp3) is 0.267. The van der Waals surface area contributed by atoms with Crippen molar-refractivity contribution in [2.75, 3.05) is 18.9 Å². The lowest BCUT2D eigenvalue weighted by Crippen LogP contribution is -2.27. The number of nitrogens with zero attached hydrogens (tertiary/aromatic N) is 2. The third-order valence-corrected chi connectivity index (χ3v) is 4.59. The minimum atomic E-state index is -0.769. The molecular weight excluding hydrogens is 337 g/mol. The van der Waals surface area contributed by atoms with Crippen LogP contribution in [0.2, 0.25) is 0 Å². The fourth-order valence-corrected chi connectivity index (χ4v) is 3.24. The van der Waals surface area contributed by atoms with Crippen LogP contribution in [0, 0.1) is 5.82 Å². The molecule has 1 saturated heterocycles. The van der Waals surface area contributed by atoms with Crippen LogP contribution in [0.25, 0.3) is 0 Å². The van der Waals surface area contributed by atoms with Gasteiger partial charge in [0.25, 0.3) is 0 Å². The molecule has 1 aliphatic heterocycles. The molecule has 2 aromatic rings. The van der Waals surface area contributed by atoms with Crippen molar-refractivity contribution in [1.29, 1.82) is 0 Å². The molecule has 0 aliphatic carbocycles. The smallest absolute Gasteiger partial charge is 0.350 e. The highest BCUT2D eigenvalue weighted by molar-refractivity contribution is 8.00. The van der Waals surface area contributed by atoms with Crippen LogP contribution in [-0.4, -0.2) is 34.2 Å². The first kappa shape index (κ1) is 16.5. The number of carbonyl (C=O) groups is 1. The summed E-state index contributed by atoms with van der Waals surface area (Å²) in [6, 6.07) is 8.58. The summed E-state index contributed by atoms with van der Waals surface area (Å²) in [6.45, 7) is 0.192. The molecule has 1 aromatic heterocycles. The molecule has 2 unspecified atom stereocenters. The van der Waals surface area contributed by atoms with Crippen LogP contribution in [0.5, 0.6) is 0 Å². The first-order valence-electron chi connectivity index (χ1n) is 7.08. The Balaban J connectivity index is 1.59. The van der Waals surface area contributed by atoms with Crippen molar-refractivity contribution in [2.24, 2.45) is 0 Å². The Morgan fingerprint density at radius 2 is 2.21 bits per heavy atom. The molecule has 2 atom stereocenters. The Bertz CT molecular complexity index is 799. The van der Waals surface area contributed by atoms with Crippen LogP contribution in [0.4, 0.5) is 10.2 Å². The summed E-state index contributed by atoms with van der Waals surface area (Å²) in [7, 11) is 0. The van der Waals surface area contributed by atoms with Crippen LogP contribution < -0.4 is 11.4 Å². The Morgan fingerprint density at radius 3 is 2.96 bits per heavy atom. The maximum atomic E-state index is 13.5. The quantitative estimate of drug-likeness (QED) is 0.832. The SMILES string of the molecule is Nc1nc(=O)n(C2COC(COC(=O)c3ccccc3)S2)cc1F.